The highest BCUT2D eigenvalue weighted by molar-refractivity contribution is 7.13. The minimum Gasteiger partial charge on any atom is -0.469 e. The number of aromatic nitrogens is 1. The van der Waals surface area contributed by atoms with Crippen LogP contribution in [-0.4, -0.2) is 28.9 Å². The van der Waals surface area contributed by atoms with E-state index in [4.69, 9.17) is 4.42 Å². The average molecular weight is 291 g/mol. The first-order valence-electron chi connectivity index (χ1n) is 6.82. The number of hydrogen-bond acceptors (Lipinski definition) is 5. The summed E-state index contributed by atoms with van der Waals surface area (Å²) >= 11 is 1.47. The van der Waals surface area contributed by atoms with E-state index in [-0.39, 0.29) is 5.91 Å². The Balaban J connectivity index is 1.76. The van der Waals surface area contributed by atoms with Crippen LogP contribution < -0.4 is 5.32 Å². The summed E-state index contributed by atoms with van der Waals surface area (Å²) in [5.74, 6) is 1.01. The molecule has 20 heavy (non-hydrogen) atoms. The number of thiazole rings is 1. The van der Waals surface area contributed by atoms with Gasteiger partial charge in [-0.1, -0.05) is 0 Å². The molecule has 0 bridgehead atoms. The Kier molecular flexibility index (Phi) is 3.73. The van der Waals surface area contributed by atoms with Crippen LogP contribution in [0.5, 0.6) is 0 Å². The predicted molar refractivity (Wildman–Crippen MR) is 78.0 cm³/mol. The van der Waals surface area contributed by atoms with E-state index >= 15 is 0 Å². The Hall–Kier alpha value is -1.82. The van der Waals surface area contributed by atoms with Crippen LogP contribution in [0.1, 0.15) is 35.2 Å². The molecule has 0 aliphatic carbocycles. The largest absolute Gasteiger partial charge is 0.469 e. The van der Waals surface area contributed by atoms with Crippen molar-refractivity contribution in [3.63, 3.8) is 0 Å². The van der Waals surface area contributed by atoms with E-state index in [1.54, 1.807) is 6.26 Å². The van der Waals surface area contributed by atoms with Crippen molar-refractivity contribution in [2.45, 2.75) is 26.3 Å². The molecule has 5 nitrogen and oxygen atoms in total. The molecule has 3 heterocycles. The van der Waals surface area contributed by atoms with Crippen molar-refractivity contribution in [3.8, 4) is 0 Å². The van der Waals surface area contributed by atoms with E-state index in [2.05, 4.69) is 10.3 Å². The molecule has 0 aromatic carbocycles. The number of fused-ring (bicyclic) bond motifs is 1. The Morgan fingerprint density at radius 3 is 3.35 bits per heavy atom. The van der Waals surface area contributed by atoms with Gasteiger partial charge in [0.1, 0.15) is 11.5 Å². The van der Waals surface area contributed by atoms with Gasteiger partial charge in [-0.2, -0.15) is 0 Å². The maximum atomic E-state index is 12.5. The lowest BCUT2D eigenvalue weighted by atomic mass is 10.2. The van der Waals surface area contributed by atoms with Crippen molar-refractivity contribution in [2.75, 3.05) is 18.4 Å². The van der Waals surface area contributed by atoms with Crippen molar-refractivity contribution in [3.05, 3.63) is 34.7 Å². The number of nitrogens with zero attached hydrogens (tertiary/aromatic N) is 2. The quantitative estimate of drug-likeness (QED) is 0.944. The van der Waals surface area contributed by atoms with Gasteiger partial charge in [-0.25, -0.2) is 4.98 Å². The highest BCUT2D eigenvalue weighted by Gasteiger charge is 2.23. The lowest BCUT2D eigenvalue weighted by molar-refractivity contribution is 0.0741. The molecule has 3 rings (SSSR count). The summed E-state index contributed by atoms with van der Waals surface area (Å²) < 4.78 is 5.44. The summed E-state index contributed by atoms with van der Waals surface area (Å²) in [5.41, 5.74) is 1.64. The van der Waals surface area contributed by atoms with Crippen LogP contribution in [0.15, 0.2) is 22.1 Å². The van der Waals surface area contributed by atoms with Crippen LogP contribution in [0.4, 0.5) is 5.13 Å². The minimum absolute atomic E-state index is 0.000506. The fourth-order valence-corrected chi connectivity index (χ4v) is 3.14. The van der Waals surface area contributed by atoms with Gasteiger partial charge in [-0.05, 0) is 19.4 Å². The summed E-state index contributed by atoms with van der Waals surface area (Å²) in [7, 11) is 0. The zero-order valence-electron chi connectivity index (χ0n) is 11.4. The van der Waals surface area contributed by atoms with Gasteiger partial charge in [0, 0.05) is 37.0 Å². The molecule has 2 aromatic heterocycles. The summed E-state index contributed by atoms with van der Waals surface area (Å²) in [4.78, 5) is 18.7. The number of aryl methyl sites for hydroxylation is 1. The molecule has 1 N–H and O–H groups in total. The fourth-order valence-electron chi connectivity index (χ4n) is 2.38. The normalized spacial score (nSPS) is 14.8. The van der Waals surface area contributed by atoms with Gasteiger partial charge < -0.3 is 14.6 Å². The second kappa shape index (κ2) is 5.66. The van der Waals surface area contributed by atoms with Crippen LogP contribution in [0.3, 0.4) is 0 Å². The fraction of sp³-hybridized carbons (Fsp3) is 0.429. The first-order valence-corrected chi connectivity index (χ1v) is 7.70. The van der Waals surface area contributed by atoms with Gasteiger partial charge in [0.15, 0.2) is 5.13 Å². The predicted octanol–water partition coefficient (Wildman–Crippen LogP) is 2.76. The molecule has 0 saturated heterocycles. The van der Waals surface area contributed by atoms with Crippen molar-refractivity contribution in [1.29, 1.82) is 0 Å². The van der Waals surface area contributed by atoms with Crippen molar-refractivity contribution < 1.29 is 9.21 Å². The molecule has 0 atom stereocenters. The maximum absolute atomic E-state index is 12.5. The van der Waals surface area contributed by atoms with E-state index in [9.17, 15) is 4.79 Å². The van der Waals surface area contributed by atoms with Gasteiger partial charge in [0.25, 0.3) is 5.91 Å². The summed E-state index contributed by atoms with van der Waals surface area (Å²) in [5, 5.41) is 5.75. The highest BCUT2D eigenvalue weighted by Crippen LogP contribution is 2.22. The Morgan fingerprint density at radius 2 is 2.50 bits per heavy atom. The summed E-state index contributed by atoms with van der Waals surface area (Å²) in [6.45, 7) is 4.18. The Labute approximate surface area is 121 Å². The SMILES string of the molecule is CCNc1nc(C(=O)N2CCCc3occc3C2)cs1. The smallest absolute Gasteiger partial charge is 0.273 e. The molecule has 1 aliphatic rings. The topological polar surface area (TPSA) is 58.4 Å². The zero-order valence-corrected chi connectivity index (χ0v) is 12.2. The van der Waals surface area contributed by atoms with Crippen LogP contribution in [0.25, 0.3) is 0 Å². The molecule has 0 spiro atoms. The van der Waals surface area contributed by atoms with Gasteiger partial charge in [-0.15, -0.1) is 11.3 Å². The molecule has 0 fully saturated rings. The molecule has 0 saturated carbocycles. The molecule has 6 heteroatoms. The Bertz CT molecular complexity index is 605. The van der Waals surface area contributed by atoms with Crippen molar-refractivity contribution in [1.82, 2.24) is 9.88 Å². The van der Waals surface area contributed by atoms with E-state index in [1.807, 2.05) is 23.3 Å². The number of carbonyl (C=O) groups excluding carboxylic acids is 1. The van der Waals surface area contributed by atoms with E-state index in [1.165, 1.54) is 11.3 Å². The summed E-state index contributed by atoms with van der Waals surface area (Å²) in [6.07, 6.45) is 3.52. The maximum Gasteiger partial charge on any atom is 0.273 e. The molecular formula is C14H17N3O2S. The number of carbonyl (C=O) groups is 1. The molecule has 1 aliphatic heterocycles. The second-order valence-electron chi connectivity index (χ2n) is 4.77. The van der Waals surface area contributed by atoms with Crippen LogP contribution in [0.2, 0.25) is 0 Å². The monoisotopic (exact) mass is 291 g/mol. The molecule has 2 aromatic rings. The lowest BCUT2D eigenvalue weighted by Crippen LogP contribution is -2.30. The first kappa shape index (κ1) is 13.2. The zero-order chi connectivity index (χ0) is 13.9. The number of nitrogens with one attached hydrogen (secondary N) is 1. The third kappa shape index (κ3) is 2.56. The number of rotatable bonds is 3. The van der Waals surface area contributed by atoms with Gasteiger partial charge in [0.05, 0.1) is 6.26 Å². The number of hydrogen-bond donors (Lipinski definition) is 1. The van der Waals surface area contributed by atoms with Gasteiger partial charge >= 0.3 is 0 Å². The Morgan fingerprint density at radius 1 is 1.60 bits per heavy atom. The molecule has 106 valence electrons. The van der Waals surface area contributed by atoms with Crippen LogP contribution >= 0.6 is 11.3 Å². The third-order valence-electron chi connectivity index (χ3n) is 3.37. The number of amides is 1. The van der Waals surface area contributed by atoms with Gasteiger partial charge in [-0.3, -0.25) is 4.79 Å². The van der Waals surface area contributed by atoms with Gasteiger partial charge in [0.2, 0.25) is 0 Å². The third-order valence-corrected chi connectivity index (χ3v) is 4.17. The van der Waals surface area contributed by atoms with Crippen LogP contribution in [0, 0.1) is 0 Å². The summed E-state index contributed by atoms with van der Waals surface area (Å²) in [6, 6.07) is 1.95. The highest BCUT2D eigenvalue weighted by atomic mass is 32.1. The molecule has 0 radical (unpaired) electrons. The number of anilines is 1. The average Bonchev–Trinajstić information content (AvgIpc) is 3.04. The molecule has 0 unspecified atom stereocenters. The van der Waals surface area contributed by atoms with E-state index in [0.29, 0.717) is 12.2 Å². The standard InChI is InChI=1S/C14H17N3O2S/c1-2-15-14-16-11(9-20-14)13(18)17-6-3-4-12-10(8-17)5-7-19-12/h5,7,9H,2-4,6,8H2,1H3,(H,15,16). The first-order chi connectivity index (χ1) is 9.78. The van der Waals surface area contributed by atoms with Crippen molar-refractivity contribution >= 4 is 22.4 Å². The van der Waals surface area contributed by atoms with E-state index < -0.39 is 0 Å². The van der Waals surface area contributed by atoms with E-state index in [0.717, 1.165) is 42.4 Å². The van der Waals surface area contributed by atoms with Crippen LogP contribution in [-0.2, 0) is 13.0 Å². The molecular weight excluding hydrogens is 274 g/mol. The van der Waals surface area contributed by atoms with Crippen molar-refractivity contribution in [2.24, 2.45) is 0 Å². The molecule has 1 amide bonds. The second-order valence-corrected chi connectivity index (χ2v) is 5.63. The lowest BCUT2D eigenvalue weighted by Gasteiger charge is -2.18. The minimum atomic E-state index is -0.000506. The number of furan rings is 1.